The van der Waals surface area contributed by atoms with E-state index in [1.165, 1.54) is 18.2 Å². The molecule has 0 atom stereocenters. The number of hydrogen-bond donors (Lipinski definition) is 3. The summed E-state index contributed by atoms with van der Waals surface area (Å²) in [5.41, 5.74) is 5.83. The van der Waals surface area contributed by atoms with Crippen molar-refractivity contribution in [3.63, 3.8) is 0 Å². The van der Waals surface area contributed by atoms with E-state index in [0.29, 0.717) is 12.2 Å². The molecule has 0 unspecified atom stereocenters. The van der Waals surface area contributed by atoms with Gasteiger partial charge < -0.3 is 11.1 Å². The molecule has 0 fully saturated rings. The van der Waals surface area contributed by atoms with Gasteiger partial charge in [0.05, 0.1) is 11.6 Å². The van der Waals surface area contributed by atoms with Gasteiger partial charge in [-0.15, -0.1) is 0 Å². The Morgan fingerprint density at radius 2 is 2.11 bits per heavy atom. The van der Waals surface area contributed by atoms with E-state index in [4.69, 9.17) is 17.3 Å². The molecule has 100 valence electrons. The van der Waals surface area contributed by atoms with Gasteiger partial charge in [0.25, 0.3) is 0 Å². The van der Waals surface area contributed by atoms with Gasteiger partial charge in [0.2, 0.25) is 15.9 Å². The minimum absolute atomic E-state index is 0.0124. The number of carbonyl (C=O) groups is 1. The molecule has 4 N–H and O–H groups in total. The first-order valence-corrected chi connectivity index (χ1v) is 7.04. The first-order valence-electron chi connectivity index (χ1n) is 5.18. The van der Waals surface area contributed by atoms with Crippen LogP contribution in [-0.4, -0.2) is 27.4 Å². The molecule has 8 heteroatoms. The monoisotopic (exact) mass is 291 g/mol. The average molecular weight is 292 g/mol. The Morgan fingerprint density at radius 3 is 2.67 bits per heavy atom. The smallest absolute Gasteiger partial charge is 0.242 e. The number of amides is 1. The lowest BCUT2D eigenvalue weighted by molar-refractivity contribution is -0.119. The third-order valence-corrected chi connectivity index (χ3v) is 3.93. The Hall–Kier alpha value is -1.31. The highest BCUT2D eigenvalue weighted by atomic mass is 35.5. The zero-order valence-electron chi connectivity index (χ0n) is 9.73. The first kappa shape index (κ1) is 14.7. The standard InChI is InChI=1S/C10H14ClN3O3S/c1-2-13-10(15)6-14-18(16,17)9-4-3-7(12)5-8(9)11/h3-5,14H,2,6,12H2,1H3,(H,13,15). The Labute approximate surface area is 111 Å². The maximum atomic E-state index is 11.9. The molecule has 18 heavy (non-hydrogen) atoms. The Kier molecular flexibility index (Phi) is 4.94. The van der Waals surface area contributed by atoms with Crippen LogP contribution in [0, 0.1) is 0 Å². The molecule has 0 aliphatic rings. The van der Waals surface area contributed by atoms with Crippen LogP contribution < -0.4 is 15.8 Å². The summed E-state index contributed by atoms with van der Waals surface area (Å²) >= 11 is 5.79. The molecule has 1 aromatic carbocycles. The summed E-state index contributed by atoms with van der Waals surface area (Å²) in [6, 6.07) is 4.05. The fourth-order valence-corrected chi connectivity index (χ4v) is 2.77. The summed E-state index contributed by atoms with van der Waals surface area (Å²) in [5.74, 6) is -0.410. The first-order chi connectivity index (χ1) is 8.36. The number of benzene rings is 1. The minimum Gasteiger partial charge on any atom is -0.399 e. The van der Waals surface area contributed by atoms with Crippen LogP contribution in [0.15, 0.2) is 23.1 Å². The van der Waals surface area contributed by atoms with E-state index < -0.39 is 15.9 Å². The molecule has 1 rings (SSSR count). The van der Waals surface area contributed by atoms with Crippen molar-refractivity contribution in [3.8, 4) is 0 Å². The molecule has 0 bridgehead atoms. The Bertz CT molecular complexity index is 545. The van der Waals surface area contributed by atoms with E-state index in [1.807, 2.05) is 0 Å². The average Bonchev–Trinajstić information content (AvgIpc) is 2.26. The quantitative estimate of drug-likeness (QED) is 0.681. The molecule has 1 amide bonds. The lowest BCUT2D eigenvalue weighted by Crippen LogP contribution is -2.36. The van der Waals surface area contributed by atoms with E-state index in [-0.39, 0.29) is 16.5 Å². The Balaban J connectivity index is 2.83. The van der Waals surface area contributed by atoms with Gasteiger partial charge >= 0.3 is 0 Å². The summed E-state index contributed by atoms with van der Waals surface area (Å²) in [6.07, 6.45) is 0. The van der Waals surface area contributed by atoms with Gasteiger partial charge in [-0.25, -0.2) is 13.1 Å². The number of halogens is 1. The minimum atomic E-state index is -3.82. The molecule has 0 aliphatic carbocycles. The van der Waals surface area contributed by atoms with Crippen LogP contribution in [-0.2, 0) is 14.8 Å². The summed E-state index contributed by atoms with van der Waals surface area (Å²) in [7, 11) is -3.82. The van der Waals surface area contributed by atoms with Crippen LogP contribution in [0.4, 0.5) is 5.69 Å². The summed E-state index contributed by atoms with van der Waals surface area (Å²) < 4.78 is 25.9. The second-order valence-corrected chi connectivity index (χ2v) is 5.61. The zero-order chi connectivity index (χ0) is 13.8. The zero-order valence-corrected chi connectivity index (χ0v) is 11.3. The number of rotatable bonds is 5. The molecule has 1 aromatic rings. The lowest BCUT2D eigenvalue weighted by Gasteiger charge is -2.08. The number of anilines is 1. The number of nitrogens with one attached hydrogen (secondary N) is 2. The molecule has 0 aliphatic heterocycles. The van der Waals surface area contributed by atoms with Crippen molar-refractivity contribution < 1.29 is 13.2 Å². The normalized spacial score (nSPS) is 11.2. The molecule has 0 aromatic heterocycles. The lowest BCUT2D eigenvalue weighted by atomic mass is 10.3. The van der Waals surface area contributed by atoms with Crippen LogP contribution in [0.2, 0.25) is 5.02 Å². The molecular weight excluding hydrogens is 278 g/mol. The van der Waals surface area contributed by atoms with E-state index in [9.17, 15) is 13.2 Å². The molecular formula is C10H14ClN3O3S. The fourth-order valence-electron chi connectivity index (χ4n) is 1.23. The van der Waals surface area contributed by atoms with Crippen LogP contribution in [0.3, 0.4) is 0 Å². The van der Waals surface area contributed by atoms with Gasteiger partial charge in [-0.05, 0) is 25.1 Å². The summed E-state index contributed by atoms with van der Waals surface area (Å²) in [5, 5.41) is 2.49. The molecule has 0 radical (unpaired) electrons. The van der Waals surface area contributed by atoms with Crippen molar-refractivity contribution in [2.24, 2.45) is 0 Å². The van der Waals surface area contributed by atoms with Crippen molar-refractivity contribution in [2.75, 3.05) is 18.8 Å². The Morgan fingerprint density at radius 1 is 1.44 bits per heavy atom. The number of carbonyl (C=O) groups excluding carboxylic acids is 1. The van der Waals surface area contributed by atoms with E-state index in [2.05, 4.69) is 10.0 Å². The van der Waals surface area contributed by atoms with E-state index in [0.717, 1.165) is 0 Å². The van der Waals surface area contributed by atoms with Gasteiger partial charge in [-0.2, -0.15) is 0 Å². The van der Waals surface area contributed by atoms with Crippen molar-refractivity contribution in [2.45, 2.75) is 11.8 Å². The van der Waals surface area contributed by atoms with Gasteiger partial charge in [-0.1, -0.05) is 11.6 Å². The number of sulfonamides is 1. The largest absolute Gasteiger partial charge is 0.399 e. The van der Waals surface area contributed by atoms with Crippen LogP contribution in [0.5, 0.6) is 0 Å². The van der Waals surface area contributed by atoms with Gasteiger partial charge in [-0.3, -0.25) is 4.79 Å². The van der Waals surface area contributed by atoms with Crippen LogP contribution in [0.25, 0.3) is 0 Å². The van der Waals surface area contributed by atoms with Gasteiger partial charge in [0.1, 0.15) is 4.90 Å². The van der Waals surface area contributed by atoms with Crippen molar-refractivity contribution in [1.29, 1.82) is 0 Å². The van der Waals surface area contributed by atoms with E-state index >= 15 is 0 Å². The second kappa shape index (κ2) is 6.03. The fraction of sp³-hybridized carbons (Fsp3) is 0.300. The molecule has 6 nitrogen and oxygen atoms in total. The third-order valence-electron chi connectivity index (χ3n) is 2.04. The van der Waals surface area contributed by atoms with E-state index in [1.54, 1.807) is 6.92 Å². The third kappa shape index (κ3) is 3.86. The topological polar surface area (TPSA) is 101 Å². The number of likely N-dealkylation sites (N-methyl/N-ethyl adjacent to an activating group) is 1. The summed E-state index contributed by atoms with van der Waals surface area (Å²) in [4.78, 5) is 11.1. The number of hydrogen-bond acceptors (Lipinski definition) is 4. The van der Waals surface area contributed by atoms with Gasteiger partial charge in [0, 0.05) is 12.2 Å². The number of nitrogens with two attached hydrogens (primary N) is 1. The van der Waals surface area contributed by atoms with Crippen LogP contribution in [0.1, 0.15) is 6.92 Å². The van der Waals surface area contributed by atoms with Gasteiger partial charge in [0.15, 0.2) is 0 Å². The summed E-state index contributed by atoms with van der Waals surface area (Å²) in [6.45, 7) is 1.84. The predicted molar refractivity (Wildman–Crippen MR) is 69.7 cm³/mol. The molecule has 0 saturated heterocycles. The molecule has 0 spiro atoms. The maximum absolute atomic E-state index is 11.9. The number of nitrogen functional groups attached to an aromatic ring is 1. The van der Waals surface area contributed by atoms with Crippen molar-refractivity contribution in [3.05, 3.63) is 23.2 Å². The maximum Gasteiger partial charge on any atom is 0.242 e. The SMILES string of the molecule is CCNC(=O)CNS(=O)(=O)c1ccc(N)cc1Cl. The highest BCUT2D eigenvalue weighted by Crippen LogP contribution is 2.23. The molecule has 0 saturated carbocycles. The highest BCUT2D eigenvalue weighted by Gasteiger charge is 2.18. The van der Waals surface area contributed by atoms with Crippen molar-refractivity contribution in [1.82, 2.24) is 10.0 Å². The van der Waals surface area contributed by atoms with Crippen molar-refractivity contribution >= 4 is 33.2 Å². The molecule has 0 heterocycles. The highest BCUT2D eigenvalue weighted by molar-refractivity contribution is 7.89. The van der Waals surface area contributed by atoms with Crippen LogP contribution >= 0.6 is 11.6 Å². The second-order valence-electron chi connectivity index (χ2n) is 3.47. The predicted octanol–water partition coefficient (Wildman–Crippen LogP) is 0.337.